The Morgan fingerprint density at radius 2 is 2.12 bits per heavy atom. The topological polar surface area (TPSA) is 146 Å². The summed E-state index contributed by atoms with van der Waals surface area (Å²) in [7, 11) is 0. The maximum Gasteiger partial charge on any atom is 0.326 e. The fraction of sp³-hybridized carbons (Fsp3) is 0.318. The van der Waals surface area contributed by atoms with E-state index in [1.165, 1.54) is 0 Å². The molecule has 5 rings (SSSR count). The molecule has 170 valence electrons. The molecule has 0 unspecified atom stereocenters. The summed E-state index contributed by atoms with van der Waals surface area (Å²) in [6.45, 7) is 4.43. The van der Waals surface area contributed by atoms with Gasteiger partial charge < -0.3 is 20.1 Å². The second kappa shape index (κ2) is 8.41. The summed E-state index contributed by atoms with van der Waals surface area (Å²) in [5, 5.41) is 18.2. The Hall–Kier alpha value is -4.15. The number of aromatic hydroxyl groups is 1. The average Bonchev–Trinajstić information content (AvgIpc) is 3.41. The smallest absolute Gasteiger partial charge is 0.326 e. The zero-order valence-electron chi connectivity index (χ0n) is 18.2. The van der Waals surface area contributed by atoms with E-state index in [0.717, 1.165) is 24.2 Å². The number of fused-ring (bicyclic) bond motifs is 1. The third-order valence-corrected chi connectivity index (χ3v) is 5.03. The highest BCUT2D eigenvalue weighted by Crippen LogP contribution is 2.22. The zero-order valence-corrected chi connectivity index (χ0v) is 18.2. The lowest BCUT2D eigenvalue weighted by Crippen LogP contribution is -2.24. The first-order chi connectivity index (χ1) is 16.0. The molecule has 0 amide bonds. The number of rotatable bonds is 7. The van der Waals surface area contributed by atoms with Crippen LogP contribution in [-0.2, 0) is 6.54 Å². The lowest BCUT2D eigenvalue weighted by molar-refractivity contribution is 0.240. The summed E-state index contributed by atoms with van der Waals surface area (Å²) in [4.78, 5) is 30.2. The van der Waals surface area contributed by atoms with Gasteiger partial charge in [0.25, 0.3) is 5.62 Å². The van der Waals surface area contributed by atoms with Crippen molar-refractivity contribution in [2.24, 2.45) is 4.99 Å². The van der Waals surface area contributed by atoms with Gasteiger partial charge in [0, 0.05) is 17.3 Å². The van der Waals surface area contributed by atoms with Crippen LogP contribution in [0.4, 0.5) is 5.95 Å². The van der Waals surface area contributed by atoms with Gasteiger partial charge in [-0.05, 0) is 38.8 Å². The van der Waals surface area contributed by atoms with Crippen LogP contribution in [-0.4, -0.2) is 46.8 Å². The summed E-state index contributed by atoms with van der Waals surface area (Å²) < 4.78 is 7.46. The molecule has 0 saturated heterocycles. The fourth-order valence-corrected chi connectivity index (χ4v) is 3.35. The minimum absolute atomic E-state index is 0.0591. The van der Waals surface area contributed by atoms with E-state index < -0.39 is 5.69 Å². The highest BCUT2D eigenvalue weighted by molar-refractivity contribution is 5.57. The molecule has 1 aromatic carbocycles. The van der Waals surface area contributed by atoms with Gasteiger partial charge in [-0.2, -0.15) is 19.6 Å². The Morgan fingerprint density at radius 1 is 1.30 bits per heavy atom. The number of aromatic amines is 2. The largest absolute Gasteiger partial charge is 0.493 e. The van der Waals surface area contributed by atoms with Crippen LogP contribution in [0, 0.1) is 0 Å². The number of aromatic nitrogens is 6. The first-order valence-corrected chi connectivity index (χ1v) is 10.8. The Kier molecular flexibility index (Phi) is 5.29. The third-order valence-electron chi connectivity index (χ3n) is 5.03. The minimum atomic E-state index is -0.501. The SMILES string of the molecule is CC(C)Oc1ccccc1CNc1nc(=NC2CC2)n2nc/c(=C\c3[nH]c(=O)[nH]c3O)c2n1. The molecule has 11 nitrogen and oxygen atoms in total. The van der Waals surface area contributed by atoms with Gasteiger partial charge >= 0.3 is 5.69 Å². The standard InChI is InChI=1S/C22H24N8O3/c1-12(2)33-17-6-4-3-5-13(17)10-23-20-27-18-14(9-16-19(31)28-22(32)26-16)11-24-30(18)21(29-20)25-15-7-8-15/h3-6,9,11-12,15,31H,7-8,10H2,1-2H3,(H,23,25,29)(H2,26,28,32)/b14-9+. The Labute approximate surface area is 187 Å². The predicted octanol–water partition coefficient (Wildman–Crippen LogP) is 0.856. The summed E-state index contributed by atoms with van der Waals surface area (Å²) in [5.74, 6) is 0.939. The van der Waals surface area contributed by atoms with E-state index in [4.69, 9.17) is 4.74 Å². The molecule has 0 bridgehead atoms. The van der Waals surface area contributed by atoms with Crippen molar-refractivity contribution >= 4 is 17.7 Å². The van der Waals surface area contributed by atoms with Crippen LogP contribution < -0.4 is 26.6 Å². The van der Waals surface area contributed by atoms with Crippen LogP contribution in [0.25, 0.3) is 11.7 Å². The van der Waals surface area contributed by atoms with Crippen molar-refractivity contribution in [3.8, 4) is 11.6 Å². The molecule has 3 aromatic heterocycles. The molecule has 11 heteroatoms. The van der Waals surface area contributed by atoms with Crippen LogP contribution in [0.15, 0.2) is 40.2 Å². The molecule has 3 heterocycles. The molecule has 4 N–H and O–H groups in total. The quantitative estimate of drug-likeness (QED) is 0.328. The molecule has 33 heavy (non-hydrogen) atoms. The van der Waals surface area contributed by atoms with E-state index in [1.807, 2.05) is 38.1 Å². The van der Waals surface area contributed by atoms with E-state index in [-0.39, 0.29) is 23.7 Å². The highest BCUT2D eigenvalue weighted by atomic mass is 16.5. The van der Waals surface area contributed by atoms with Crippen molar-refractivity contribution in [3.63, 3.8) is 0 Å². The van der Waals surface area contributed by atoms with E-state index >= 15 is 0 Å². The van der Waals surface area contributed by atoms with Crippen molar-refractivity contribution in [2.45, 2.75) is 45.4 Å². The number of hydrogen-bond acceptors (Lipinski definition) is 8. The molecule has 0 atom stereocenters. The maximum absolute atomic E-state index is 11.5. The van der Waals surface area contributed by atoms with Gasteiger partial charge in [-0.15, -0.1) is 0 Å². The molecule has 1 aliphatic rings. The summed E-state index contributed by atoms with van der Waals surface area (Å²) in [5.41, 5.74) is 1.66. The molecule has 1 fully saturated rings. The number of anilines is 1. The molecule has 0 aliphatic heterocycles. The molecule has 0 spiro atoms. The number of ether oxygens (including phenoxy) is 1. The predicted molar refractivity (Wildman–Crippen MR) is 121 cm³/mol. The van der Waals surface area contributed by atoms with E-state index in [2.05, 4.69) is 35.3 Å². The summed E-state index contributed by atoms with van der Waals surface area (Å²) >= 11 is 0. The molecule has 4 aromatic rings. The van der Waals surface area contributed by atoms with Crippen LogP contribution in [0.2, 0.25) is 0 Å². The minimum Gasteiger partial charge on any atom is -0.493 e. The Bertz CT molecular complexity index is 1480. The average molecular weight is 448 g/mol. The number of hydrogen-bond donors (Lipinski definition) is 4. The van der Waals surface area contributed by atoms with Crippen LogP contribution in [0.3, 0.4) is 0 Å². The lowest BCUT2D eigenvalue weighted by Gasteiger charge is -2.14. The van der Waals surface area contributed by atoms with Crippen LogP contribution >= 0.6 is 0 Å². The van der Waals surface area contributed by atoms with E-state index in [1.54, 1.807) is 16.8 Å². The molecular weight excluding hydrogens is 424 g/mol. The number of nitrogens with one attached hydrogen (secondary N) is 3. The first kappa shape index (κ1) is 20.7. The number of benzene rings is 1. The van der Waals surface area contributed by atoms with Gasteiger partial charge in [0.2, 0.25) is 11.8 Å². The van der Waals surface area contributed by atoms with Gasteiger partial charge in [0.05, 0.1) is 18.3 Å². The van der Waals surface area contributed by atoms with Crippen molar-refractivity contribution in [1.82, 2.24) is 29.5 Å². The van der Waals surface area contributed by atoms with Crippen molar-refractivity contribution < 1.29 is 9.84 Å². The molecule has 1 saturated carbocycles. The zero-order chi connectivity index (χ0) is 22.9. The Balaban J connectivity index is 1.55. The third kappa shape index (κ3) is 4.56. The van der Waals surface area contributed by atoms with Crippen molar-refractivity contribution in [2.75, 3.05) is 5.32 Å². The first-order valence-electron chi connectivity index (χ1n) is 10.8. The number of nitrogens with zero attached hydrogens (tertiary/aromatic N) is 5. The maximum atomic E-state index is 11.5. The lowest BCUT2D eigenvalue weighted by atomic mass is 10.2. The van der Waals surface area contributed by atoms with E-state index in [9.17, 15) is 9.90 Å². The van der Waals surface area contributed by atoms with Gasteiger partial charge in [-0.1, -0.05) is 18.2 Å². The summed E-state index contributed by atoms with van der Waals surface area (Å²) in [6, 6.07) is 8.05. The van der Waals surface area contributed by atoms with Gasteiger partial charge in [0.1, 0.15) is 11.4 Å². The number of imidazole rings is 1. The second-order valence-corrected chi connectivity index (χ2v) is 8.16. The normalized spacial score (nSPS) is 15.0. The van der Waals surface area contributed by atoms with Crippen LogP contribution in [0.5, 0.6) is 11.6 Å². The van der Waals surface area contributed by atoms with Crippen LogP contribution in [0.1, 0.15) is 37.9 Å². The molecule has 0 radical (unpaired) electrons. The highest BCUT2D eigenvalue weighted by Gasteiger charge is 2.21. The molecular formula is C22H24N8O3. The van der Waals surface area contributed by atoms with E-state index in [0.29, 0.717) is 29.0 Å². The van der Waals surface area contributed by atoms with Gasteiger partial charge in [-0.3, -0.25) is 4.98 Å². The fourth-order valence-electron chi connectivity index (χ4n) is 3.35. The molecule has 1 aliphatic carbocycles. The monoisotopic (exact) mass is 448 g/mol. The second-order valence-electron chi connectivity index (χ2n) is 8.16. The van der Waals surface area contributed by atoms with Crippen molar-refractivity contribution in [1.29, 1.82) is 0 Å². The Morgan fingerprint density at radius 3 is 2.85 bits per heavy atom. The van der Waals surface area contributed by atoms with Gasteiger partial charge in [-0.25, -0.2) is 9.79 Å². The van der Waals surface area contributed by atoms with Crippen molar-refractivity contribution in [3.05, 3.63) is 63.0 Å². The van der Waals surface area contributed by atoms with Gasteiger partial charge in [0.15, 0.2) is 5.65 Å². The summed E-state index contributed by atoms with van der Waals surface area (Å²) in [6.07, 6.45) is 5.29. The number of H-pyrrole nitrogens is 2. The number of para-hydroxylation sites is 1.